The first-order valence-electron chi connectivity index (χ1n) is 6.34. The topological polar surface area (TPSA) is 17.1 Å². The number of benzene rings is 1. The van der Waals surface area contributed by atoms with Crippen molar-refractivity contribution >= 4 is 5.78 Å². The van der Waals surface area contributed by atoms with Crippen molar-refractivity contribution in [2.24, 2.45) is 11.8 Å². The summed E-state index contributed by atoms with van der Waals surface area (Å²) in [6, 6.07) is 4.68. The molecule has 1 aliphatic carbocycles. The SMILES string of the molecule is Cc1ccc(F)cc1CC(=O)C1CCC(C)C1. The highest BCUT2D eigenvalue weighted by atomic mass is 19.1. The van der Waals surface area contributed by atoms with Crippen LogP contribution in [0.15, 0.2) is 18.2 Å². The van der Waals surface area contributed by atoms with Crippen molar-refractivity contribution < 1.29 is 9.18 Å². The number of aryl methyl sites for hydroxylation is 1. The molecule has 1 nitrogen and oxygen atoms in total. The number of rotatable bonds is 3. The minimum atomic E-state index is -0.252. The number of halogens is 1. The summed E-state index contributed by atoms with van der Waals surface area (Å²) in [6.45, 7) is 4.13. The van der Waals surface area contributed by atoms with E-state index in [9.17, 15) is 9.18 Å². The molecule has 17 heavy (non-hydrogen) atoms. The average molecular weight is 234 g/mol. The minimum absolute atomic E-state index is 0.202. The Kier molecular flexibility index (Phi) is 3.60. The highest BCUT2D eigenvalue weighted by Gasteiger charge is 2.27. The molecule has 2 unspecified atom stereocenters. The Hall–Kier alpha value is -1.18. The van der Waals surface area contributed by atoms with E-state index in [0.29, 0.717) is 12.3 Å². The molecule has 0 spiro atoms. The van der Waals surface area contributed by atoms with Gasteiger partial charge in [0.1, 0.15) is 11.6 Å². The van der Waals surface area contributed by atoms with Gasteiger partial charge in [-0.2, -0.15) is 0 Å². The van der Waals surface area contributed by atoms with Crippen LogP contribution in [0.5, 0.6) is 0 Å². The lowest BCUT2D eigenvalue weighted by Crippen LogP contribution is -2.14. The largest absolute Gasteiger partial charge is 0.299 e. The van der Waals surface area contributed by atoms with Crippen LogP contribution in [-0.2, 0) is 11.2 Å². The summed E-state index contributed by atoms with van der Waals surface area (Å²) >= 11 is 0. The van der Waals surface area contributed by atoms with Crippen LogP contribution in [0.4, 0.5) is 4.39 Å². The van der Waals surface area contributed by atoms with Crippen LogP contribution in [0, 0.1) is 24.6 Å². The molecule has 92 valence electrons. The predicted octanol–water partition coefficient (Wildman–Crippen LogP) is 3.68. The molecule has 0 amide bonds. The normalized spacial score (nSPS) is 23.9. The van der Waals surface area contributed by atoms with E-state index in [1.54, 1.807) is 6.07 Å². The molecule has 2 rings (SSSR count). The van der Waals surface area contributed by atoms with Gasteiger partial charge in [-0.25, -0.2) is 4.39 Å². The van der Waals surface area contributed by atoms with Crippen LogP contribution >= 0.6 is 0 Å². The second kappa shape index (κ2) is 4.99. The number of hydrogen-bond acceptors (Lipinski definition) is 1. The highest BCUT2D eigenvalue weighted by molar-refractivity contribution is 5.83. The van der Waals surface area contributed by atoms with E-state index in [0.717, 1.165) is 30.4 Å². The summed E-state index contributed by atoms with van der Waals surface area (Å²) in [5, 5.41) is 0. The second-order valence-electron chi connectivity index (χ2n) is 5.33. The fourth-order valence-corrected chi connectivity index (χ4v) is 2.66. The number of carbonyl (C=O) groups is 1. The summed E-state index contributed by atoms with van der Waals surface area (Å²) in [7, 11) is 0. The van der Waals surface area contributed by atoms with E-state index in [1.807, 2.05) is 6.92 Å². The van der Waals surface area contributed by atoms with E-state index in [-0.39, 0.29) is 17.5 Å². The Bertz CT molecular complexity index is 425. The van der Waals surface area contributed by atoms with E-state index in [1.165, 1.54) is 12.1 Å². The molecule has 1 fully saturated rings. The van der Waals surface area contributed by atoms with E-state index >= 15 is 0 Å². The van der Waals surface area contributed by atoms with E-state index < -0.39 is 0 Å². The van der Waals surface area contributed by atoms with Crippen molar-refractivity contribution in [2.45, 2.75) is 39.5 Å². The molecule has 1 aromatic carbocycles. The third-order valence-corrected chi connectivity index (χ3v) is 3.83. The second-order valence-corrected chi connectivity index (χ2v) is 5.33. The number of carbonyl (C=O) groups excluding carboxylic acids is 1. The zero-order valence-corrected chi connectivity index (χ0v) is 10.5. The summed E-state index contributed by atoms with van der Waals surface area (Å²) < 4.78 is 13.1. The predicted molar refractivity (Wildman–Crippen MR) is 66.4 cm³/mol. The molecule has 2 heteroatoms. The fraction of sp³-hybridized carbons (Fsp3) is 0.533. The molecular weight excluding hydrogens is 215 g/mol. The molecular formula is C15H19FO. The van der Waals surface area contributed by atoms with Crippen molar-refractivity contribution in [3.63, 3.8) is 0 Å². The van der Waals surface area contributed by atoms with Crippen molar-refractivity contribution in [1.82, 2.24) is 0 Å². The van der Waals surface area contributed by atoms with Gasteiger partial charge in [-0.15, -0.1) is 0 Å². The van der Waals surface area contributed by atoms with Gasteiger partial charge in [-0.05, 0) is 55.4 Å². The summed E-state index contributed by atoms with van der Waals surface area (Å²) in [6.07, 6.45) is 3.56. The molecule has 2 atom stereocenters. The smallest absolute Gasteiger partial charge is 0.140 e. The zero-order valence-electron chi connectivity index (χ0n) is 10.5. The van der Waals surface area contributed by atoms with Crippen LogP contribution in [0.2, 0.25) is 0 Å². The van der Waals surface area contributed by atoms with E-state index in [2.05, 4.69) is 6.92 Å². The Labute approximate surface area is 102 Å². The van der Waals surface area contributed by atoms with E-state index in [4.69, 9.17) is 0 Å². The lowest BCUT2D eigenvalue weighted by atomic mass is 9.94. The first-order valence-corrected chi connectivity index (χ1v) is 6.34. The fourth-order valence-electron chi connectivity index (χ4n) is 2.66. The molecule has 0 saturated heterocycles. The maximum absolute atomic E-state index is 13.1. The molecule has 0 N–H and O–H groups in total. The molecule has 1 aliphatic rings. The molecule has 0 aliphatic heterocycles. The molecule has 0 heterocycles. The van der Waals surface area contributed by atoms with Gasteiger partial charge in [0, 0.05) is 12.3 Å². The molecule has 0 aromatic heterocycles. The first kappa shape index (κ1) is 12.3. The third-order valence-electron chi connectivity index (χ3n) is 3.83. The molecule has 1 aromatic rings. The average Bonchev–Trinajstić information content (AvgIpc) is 2.70. The Balaban J connectivity index is 2.05. The number of hydrogen-bond donors (Lipinski definition) is 0. The lowest BCUT2D eigenvalue weighted by Gasteiger charge is -2.10. The molecule has 0 radical (unpaired) electrons. The third kappa shape index (κ3) is 2.93. The summed E-state index contributed by atoms with van der Waals surface area (Å²) in [5.74, 6) is 0.895. The van der Waals surface area contributed by atoms with Gasteiger partial charge >= 0.3 is 0 Å². The highest BCUT2D eigenvalue weighted by Crippen LogP contribution is 2.31. The van der Waals surface area contributed by atoms with Gasteiger partial charge in [-0.1, -0.05) is 13.0 Å². The van der Waals surface area contributed by atoms with Crippen LogP contribution in [0.1, 0.15) is 37.3 Å². The van der Waals surface area contributed by atoms with Gasteiger partial charge < -0.3 is 0 Å². The van der Waals surface area contributed by atoms with Gasteiger partial charge in [0.05, 0.1) is 0 Å². The number of Topliss-reactive ketones (excluding diaryl/α,β-unsaturated/α-hetero) is 1. The van der Waals surface area contributed by atoms with Gasteiger partial charge in [-0.3, -0.25) is 4.79 Å². The van der Waals surface area contributed by atoms with Crippen molar-refractivity contribution in [1.29, 1.82) is 0 Å². The van der Waals surface area contributed by atoms with Crippen molar-refractivity contribution in [3.05, 3.63) is 35.1 Å². The van der Waals surface area contributed by atoms with Gasteiger partial charge in [0.2, 0.25) is 0 Å². The van der Waals surface area contributed by atoms with Crippen LogP contribution in [0.25, 0.3) is 0 Å². The van der Waals surface area contributed by atoms with Crippen molar-refractivity contribution in [2.75, 3.05) is 0 Å². The monoisotopic (exact) mass is 234 g/mol. The quantitative estimate of drug-likeness (QED) is 0.779. The maximum Gasteiger partial charge on any atom is 0.140 e. The summed E-state index contributed by atoms with van der Waals surface area (Å²) in [4.78, 5) is 12.1. The Morgan fingerprint density at radius 3 is 2.82 bits per heavy atom. The van der Waals surface area contributed by atoms with Crippen LogP contribution in [0.3, 0.4) is 0 Å². The van der Waals surface area contributed by atoms with Crippen LogP contribution in [-0.4, -0.2) is 5.78 Å². The Morgan fingerprint density at radius 2 is 2.18 bits per heavy atom. The Morgan fingerprint density at radius 1 is 1.41 bits per heavy atom. The molecule has 1 saturated carbocycles. The molecule has 0 bridgehead atoms. The standard InChI is InChI=1S/C15H19FO/c1-10-3-5-12(7-10)15(17)9-13-8-14(16)6-4-11(13)2/h4,6,8,10,12H,3,5,7,9H2,1-2H3. The van der Waals surface area contributed by atoms with Gasteiger partial charge in [0.15, 0.2) is 0 Å². The summed E-state index contributed by atoms with van der Waals surface area (Å²) in [5.41, 5.74) is 1.85. The van der Waals surface area contributed by atoms with Gasteiger partial charge in [0.25, 0.3) is 0 Å². The first-order chi connectivity index (χ1) is 8.06. The minimum Gasteiger partial charge on any atom is -0.299 e. The number of ketones is 1. The lowest BCUT2D eigenvalue weighted by molar-refractivity contribution is -0.122. The van der Waals surface area contributed by atoms with Crippen LogP contribution < -0.4 is 0 Å². The van der Waals surface area contributed by atoms with Crippen molar-refractivity contribution in [3.8, 4) is 0 Å². The maximum atomic E-state index is 13.1. The zero-order chi connectivity index (χ0) is 12.4.